The molecule has 1 saturated heterocycles. The third-order valence-electron chi connectivity index (χ3n) is 3.96. The summed E-state index contributed by atoms with van der Waals surface area (Å²) in [5, 5.41) is 0. The first-order chi connectivity index (χ1) is 9.63. The van der Waals surface area contributed by atoms with E-state index < -0.39 is 0 Å². The molecule has 0 aliphatic carbocycles. The third-order valence-corrected chi connectivity index (χ3v) is 3.96. The maximum absolute atomic E-state index is 11.9. The largest absolute Gasteiger partial charge is 0.468 e. The summed E-state index contributed by atoms with van der Waals surface area (Å²) in [7, 11) is 1.46. The molecule has 106 valence electrons. The van der Waals surface area contributed by atoms with E-state index in [9.17, 15) is 4.79 Å². The van der Waals surface area contributed by atoms with Gasteiger partial charge in [-0.2, -0.15) is 0 Å². The van der Waals surface area contributed by atoms with E-state index in [0.717, 1.165) is 31.5 Å². The van der Waals surface area contributed by atoms with Gasteiger partial charge in [0.25, 0.3) is 0 Å². The van der Waals surface area contributed by atoms with Crippen molar-refractivity contribution in [1.29, 1.82) is 0 Å². The van der Waals surface area contributed by atoms with Crippen molar-refractivity contribution < 1.29 is 9.53 Å². The molecule has 1 aromatic carbocycles. The number of piperidine rings is 1. The fraction of sp³-hybridized carbons (Fsp3) is 0.471. The number of benzene rings is 1. The molecule has 3 heteroatoms. The lowest BCUT2D eigenvalue weighted by Gasteiger charge is -2.36. The Morgan fingerprint density at radius 2 is 2.15 bits per heavy atom. The van der Waals surface area contributed by atoms with Gasteiger partial charge < -0.3 is 4.74 Å². The monoisotopic (exact) mass is 271 g/mol. The molecule has 0 N–H and O–H groups in total. The highest BCUT2D eigenvalue weighted by molar-refractivity contribution is 5.75. The summed E-state index contributed by atoms with van der Waals surface area (Å²) >= 11 is 0. The fourth-order valence-corrected chi connectivity index (χ4v) is 2.70. The van der Waals surface area contributed by atoms with Crippen LogP contribution in [0.5, 0.6) is 0 Å². The topological polar surface area (TPSA) is 29.5 Å². The molecule has 0 amide bonds. The first-order valence-corrected chi connectivity index (χ1v) is 7.01. The second-order valence-corrected chi connectivity index (χ2v) is 5.48. The highest BCUT2D eigenvalue weighted by Crippen LogP contribution is 2.25. The van der Waals surface area contributed by atoms with E-state index in [1.807, 2.05) is 24.3 Å². The maximum Gasteiger partial charge on any atom is 0.323 e. The molecule has 0 aromatic heterocycles. The smallest absolute Gasteiger partial charge is 0.323 e. The quantitative estimate of drug-likeness (QED) is 0.624. The Labute approximate surface area is 120 Å². The number of hydrogen-bond donors (Lipinski definition) is 0. The second kappa shape index (κ2) is 6.58. The van der Waals surface area contributed by atoms with Gasteiger partial charge in [0, 0.05) is 12.1 Å². The zero-order chi connectivity index (χ0) is 14.5. The molecule has 1 aliphatic rings. The number of likely N-dealkylation sites (tertiary alicyclic amines) is 1. The van der Waals surface area contributed by atoms with E-state index in [1.165, 1.54) is 12.7 Å². The van der Waals surface area contributed by atoms with Gasteiger partial charge in [0.2, 0.25) is 0 Å². The van der Waals surface area contributed by atoms with Gasteiger partial charge >= 0.3 is 5.97 Å². The first kappa shape index (κ1) is 14.6. The summed E-state index contributed by atoms with van der Waals surface area (Å²) in [6.07, 6.45) is 7.35. The fourth-order valence-electron chi connectivity index (χ4n) is 2.70. The lowest BCUT2D eigenvalue weighted by molar-refractivity contribution is -0.149. The summed E-state index contributed by atoms with van der Waals surface area (Å²) in [5.74, 6) is 3.05. The molecule has 1 fully saturated rings. The van der Waals surface area contributed by atoms with Crippen molar-refractivity contribution in [3.63, 3.8) is 0 Å². The first-order valence-electron chi connectivity index (χ1n) is 7.01. The van der Waals surface area contributed by atoms with Crippen molar-refractivity contribution in [2.75, 3.05) is 13.7 Å². The van der Waals surface area contributed by atoms with Crippen LogP contribution in [0.2, 0.25) is 0 Å². The van der Waals surface area contributed by atoms with Gasteiger partial charge in [0.1, 0.15) is 6.04 Å². The summed E-state index contributed by atoms with van der Waals surface area (Å²) in [6, 6.07) is 7.81. The molecule has 1 heterocycles. The molecule has 1 aromatic rings. The van der Waals surface area contributed by atoms with E-state index in [1.54, 1.807) is 0 Å². The van der Waals surface area contributed by atoms with Crippen LogP contribution in [0.25, 0.3) is 0 Å². The molecule has 0 spiro atoms. The van der Waals surface area contributed by atoms with Crippen molar-refractivity contribution >= 4 is 5.97 Å². The van der Waals surface area contributed by atoms with Gasteiger partial charge in [-0.1, -0.05) is 25.0 Å². The zero-order valence-electron chi connectivity index (χ0n) is 12.1. The zero-order valence-corrected chi connectivity index (χ0v) is 12.1. The Bertz CT molecular complexity index is 501. The molecule has 3 nitrogen and oxygen atoms in total. The number of nitrogens with zero attached hydrogens (tertiary/aromatic N) is 1. The molecule has 20 heavy (non-hydrogen) atoms. The number of ether oxygens (including phenoxy) is 1. The summed E-state index contributed by atoms with van der Waals surface area (Å²) in [4.78, 5) is 14.1. The van der Waals surface area contributed by atoms with Crippen molar-refractivity contribution in [3.8, 4) is 12.3 Å². The van der Waals surface area contributed by atoms with Crippen molar-refractivity contribution in [2.45, 2.75) is 32.4 Å². The van der Waals surface area contributed by atoms with Crippen molar-refractivity contribution in [1.82, 2.24) is 4.90 Å². The van der Waals surface area contributed by atoms with Crippen LogP contribution in [0, 0.1) is 18.3 Å². The van der Waals surface area contributed by atoms with E-state index in [2.05, 4.69) is 17.7 Å². The van der Waals surface area contributed by atoms with Crippen LogP contribution < -0.4 is 0 Å². The average Bonchev–Trinajstić information content (AvgIpc) is 2.49. The van der Waals surface area contributed by atoms with Gasteiger partial charge in [-0.15, -0.1) is 6.42 Å². The highest BCUT2D eigenvalue weighted by Gasteiger charge is 2.32. The summed E-state index contributed by atoms with van der Waals surface area (Å²) < 4.78 is 4.94. The Morgan fingerprint density at radius 3 is 2.75 bits per heavy atom. The summed E-state index contributed by atoms with van der Waals surface area (Å²) in [5.41, 5.74) is 2.05. The number of hydrogen-bond acceptors (Lipinski definition) is 3. The lowest BCUT2D eigenvalue weighted by atomic mass is 9.92. The van der Waals surface area contributed by atoms with Crippen LogP contribution in [0.3, 0.4) is 0 Å². The van der Waals surface area contributed by atoms with Gasteiger partial charge in [-0.25, -0.2) is 0 Å². The number of terminal acetylenes is 1. The van der Waals surface area contributed by atoms with Crippen LogP contribution >= 0.6 is 0 Å². The molecule has 0 saturated carbocycles. The number of esters is 1. The number of methoxy groups -OCH3 is 1. The Balaban J connectivity index is 2.08. The molecular formula is C17H21NO2. The van der Waals surface area contributed by atoms with Gasteiger partial charge in [0.05, 0.1) is 7.11 Å². The van der Waals surface area contributed by atoms with Gasteiger partial charge in [-0.3, -0.25) is 9.69 Å². The molecule has 1 aliphatic heterocycles. The Kier molecular flexibility index (Phi) is 4.81. The molecule has 0 bridgehead atoms. The molecule has 2 atom stereocenters. The lowest BCUT2D eigenvalue weighted by Crippen LogP contribution is -2.46. The molecular weight excluding hydrogens is 250 g/mol. The second-order valence-electron chi connectivity index (χ2n) is 5.48. The van der Waals surface area contributed by atoms with Crippen molar-refractivity contribution in [2.24, 2.45) is 5.92 Å². The van der Waals surface area contributed by atoms with Crippen LogP contribution in [0.4, 0.5) is 0 Å². The minimum Gasteiger partial charge on any atom is -0.468 e. The molecule has 0 radical (unpaired) electrons. The predicted molar refractivity (Wildman–Crippen MR) is 79.0 cm³/mol. The standard InChI is InChI=1S/C17H21NO2/c1-4-14-5-7-15(8-6-14)12-18-10-9-13(2)11-16(18)17(19)20-3/h1,5-8,13,16H,9-12H2,2-3H3/t13-,16-/m0/s1. The van der Waals surface area contributed by atoms with Crippen LogP contribution in [0.15, 0.2) is 24.3 Å². The van der Waals surface area contributed by atoms with Gasteiger partial charge in [-0.05, 0) is 43.0 Å². The van der Waals surface area contributed by atoms with E-state index in [0.29, 0.717) is 5.92 Å². The molecule has 0 unspecified atom stereocenters. The predicted octanol–water partition coefficient (Wildman–Crippen LogP) is 2.44. The van der Waals surface area contributed by atoms with E-state index in [4.69, 9.17) is 11.2 Å². The Hall–Kier alpha value is -1.79. The Morgan fingerprint density at radius 1 is 1.45 bits per heavy atom. The van der Waals surface area contributed by atoms with Gasteiger partial charge in [0.15, 0.2) is 0 Å². The van der Waals surface area contributed by atoms with E-state index >= 15 is 0 Å². The molecule has 2 rings (SSSR count). The van der Waals surface area contributed by atoms with Crippen molar-refractivity contribution in [3.05, 3.63) is 35.4 Å². The number of carbonyl (C=O) groups excluding carboxylic acids is 1. The van der Waals surface area contributed by atoms with Crippen LogP contribution in [-0.4, -0.2) is 30.6 Å². The van der Waals surface area contributed by atoms with Crippen LogP contribution in [-0.2, 0) is 16.1 Å². The average molecular weight is 271 g/mol. The SMILES string of the molecule is C#Cc1ccc(CN2CC[C@H](C)C[C@H]2C(=O)OC)cc1. The maximum atomic E-state index is 11.9. The van der Waals surface area contributed by atoms with Crippen LogP contribution in [0.1, 0.15) is 30.9 Å². The highest BCUT2D eigenvalue weighted by atomic mass is 16.5. The number of rotatable bonds is 3. The summed E-state index contributed by atoms with van der Waals surface area (Å²) in [6.45, 7) is 3.88. The third kappa shape index (κ3) is 3.40. The normalized spacial score (nSPS) is 23.1. The minimum absolute atomic E-state index is 0.128. The minimum atomic E-state index is -0.129. The van der Waals surface area contributed by atoms with E-state index in [-0.39, 0.29) is 12.0 Å². The number of carbonyl (C=O) groups is 1.